The van der Waals surface area contributed by atoms with Crippen LogP contribution >= 0.6 is 0 Å². The fourth-order valence-electron chi connectivity index (χ4n) is 3.78. The summed E-state index contributed by atoms with van der Waals surface area (Å²) in [5.74, 6) is 0. The molecule has 1 aliphatic heterocycles. The van der Waals surface area contributed by atoms with Gasteiger partial charge in [0.05, 0.1) is 17.6 Å². The molecule has 130 valence electrons. The van der Waals surface area contributed by atoms with E-state index in [4.69, 9.17) is 10.7 Å². The van der Waals surface area contributed by atoms with Crippen LogP contribution in [0.3, 0.4) is 0 Å². The molecule has 2 heterocycles. The van der Waals surface area contributed by atoms with Crippen molar-refractivity contribution in [2.75, 3.05) is 36.8 Å². The van der Waals surface area contributed by atoms with Crippen molar-refractivity contribution in [1.29, 1.82) is 0 Å². The number of benzene rings is 1. The first-order chi connectivity index (χ1) is 12.1. The van der Waals surface area contributed by atoms with E-state index in [9.17, 15) is 0 Å². The van der Waals surface area contributed by atoms with E-state index in [1.807, 2.05) is 12.3 Å². The second-order valence-electron chi connectivity index (χ2n) is 7.32. The summed E-state index contributed by atoms with van der Waals surface area (Å²) >= 11 is 0. The fourth-order valence-corrected chi connectivity index (χ4v) is 3.78. The average molecular weight is 334 g/mol. The number of hydrogen-bond donors (Lipinski definition) is 1. The van der Waals surface area contributed by atoms with E-state index in [1.54, 1.807) is 0 Å². The number of aromatic nitrogens is 1. The van der Waals surface area contributed by atoms with Gasteiger partial charge in [0, 0.05) is 44.3 Å². The van der Waals surface area contributed by atoms with Gasteiger partial charge in [-0.15, -0.1) is 0 Å². The van der Waals surface area contributed by atoms with Crippen LogP contribution in [0.5, 0.6) is 0 Å². The maximum atomic E-state index is 5.98. The van der Waals surface area contributed by atoms with Crippen molar-refractivity contribution >= 4 is 23.5 Å². The van der Waals surface area contributed by atoms with Gasteiger partial charge < -0.3 is 10.6 Å². The molecule has 0 bridgehead atoms. The van der Waals surface area contributed by atoms with Gasteiger partial charge >= 0.3 is 0 Å². The van der Waals surface area contributed by atoms with Gasteiger partial charge in [-0.2, -0.15) is 0 Å². The van der Waals surface area contributed by atoms with Crippen LogP contribution in [0.2, 0.25) is 0 Å². The molecule has 1 aromatic heterocycles. The Balaban J connectivity index is 1.59. The SMILES string of the molecule is CC(C)N1CCN(c2cnc3c(c2)Cc2cc(N)ccc2C=C3)CC1. The topological polar surface area (TPSA) is 45.4 Å². The summed E-state index contributed by atoms with van der Waals surface area (Å²) in [5, 5.41) is 0. The molecule has 4 nitrogen and oxygen atoms in total. The van der Waals surface area contributed by atoms with Crippen molar-refractivity contribution in [1.82, 2.24) is 9.88 Å². The number of anilines is 2. The minimum Gasteiger partial charge on any atom is -0.399 e. The molecule has 2 N–H and O–H groups in total. The highest BCUT2D eigenvalue weighted by Gasteiger charge is 2.20. The number of nitrogen functional groups attached to an aromatic ring is 1. The predicted molar refractivity (Wildman–Crippen MR) is 106 cm³/mol. The van der Waals surface area contributed by atoms with Crippen LogP contribution in [0.25, 0.3) is 12.2 Å². The number of piperazine rings is 1. The summed E-state index contributed by atoms with van der Waals surface area (Å²) in [6, 6.07) is 9.09. The Morgan fingerprint density at radius 2 is 1.80 bits per heavy atom. The van der Waals surface area contributed by atoms with E-state index in [1.165, 1.54) is 22.4 Å². The Bertz CT molecular complexity index is 802. The molecule has 1 saturated heterocycles. The van der Waals surface area contributed by atoms with Crippen molar-refractivity contribution in [2.24, 2.45) is 0 Å². The van der Waals surface area contributed by atoms with E-state index in [-0.39, 0.29) is 0 Å². The summed E-state index contributed by atoms with van der Waals surface area (Å²) in [6.45, 7) is 8.92. The van der Waals surface area contributed by atoms with Crippen LogP contribution < -0.4 is 10.6 Å². The predicted octanol–water partition coefficient (Wildman–Crippen LogP) is 3.27. The second-order valence-corrected chi connectivity index (χ2v) is 7.32. The van der Waals surface area contributed by atoms with E-state index in [0.29, 0.717) is 6.04 Å². The molecular formula is C21H26N4. The fraction of sp³-hybridized carbons (Fsp3) is 0.381. The van der Waals surface area contributed by atoms with Crippen molar-refractivity contribution in [2.45, 2.75) is 26.3 Å². The van der Waals surface area contributed by atoms with E-state index < -0.39 is 0 Å². The largest absolute Gasteiger partial charge is 0.399 e. The molecule has 1 aliphatic carbocycles. The van der Waals surface area contributed by atoms with E-state index in [0.717, 1.165) is 44.0 Å². The number of nitrogens with two attached hydrogens (primary N) is 1. The Hall–Kier alpha value is -2.33. The quantitative estimate of drug-likeness (QED) is 0.731. The number of nitrogens with zero attached hydrogens (tertiary/aromatic N) is 3. The highest BCUT2D eigenvalue weighted by molar-refractivity contribution is 5.75. The Kier molecular flexibility index (Phi) is 4.22. The first kappa shape index (κ1) is 16.2. The van der Waals surface area contributed by atoms with Gasteiger partial charge in [0.25, 0.3) is 0 Å². The number of pyridine rings is 1. The highest BCUT2D eigenvalue weighted by Crippen LogP contribution is 2.28. The smallest absolute Gasteiger partial charge is 0.0666 e. The molecule has 2 aliphatic rings. The summed E-state index contributed by atoms with van der Waals surface area (Å²) in [7, 11) is 0. The molecule has 0 unspecified atom stereocenters. The van der Waals surface area contributed by atoms with E-state index in [2.05, 4.69) is 54.0 Å². The normalized spacial score (nSPS) is 17.3. The van der Waals surface area contributed by atoms with Gasteiger partial charge in [0.15, 0.2) is 0 Å². The molecule has 0 radical (unpaired) electrons. The molecule has 0 spiro atoms. The molecule has 0 amide bonds. The zero-order valence-corrected chi connectivity index (χ0v) is 15.1. The molecule has 1 fully saturated rings. The van der Waals surface area contributed by atoms with Gasteiger partial charge in [0.2, 0.25) is 0 Å². The molecule has 0 atom stereocenters. The third kappa shape index (κ3) is 3.27. The van der Waals surface area contributed by atoms with Gasteiger partial charge in [-0.1, -0.05) is 12.1 Å². The van der Waals surface area contributed by atoms with Gasteiger partial charge in [0.1, 0.15) is 0 Å². The lowest BCUT2D eigenvalue weighted by Crippen LogP contribution is -2.48. The van der Waals surface area contributed by atoms with Crippen molar-refractivity contribution in [3.05, 3.63) is 52.8 Å². The Morgan fingerprint density at radius 3 is 2.56 bits per heavy atom. The number of hydrogen-bond acceptors (Lipinski definition) is 4. The minimum atomic E-state index is 0.624. The lowest BCUT2D eigenvalue weighted by atomic mass is 10.0. The molecule has 1 aromatic carbocycles. The van der Waals surface area contributed by atoms with Crippen molar-refractivity contribution < 1.29 is 0 Å². The minimum absolute atomic E-state index is 0.624. The van der Waals surface area contributed by atoms with Crippen LogP contribution in [-0.4, -0.2) is 42.1 Å². The number of fused-ring (bicyclic) bond motifs is 2. The molecule has 4 heteroatoms. The zero-order valence-electron chi connectivity index (χ0n) is 15.1. The van der Waals surface area contributed by atoms with Gasteiger partial charge in [-0.05, 0) is 54.8 Å². The first-order valence-corrected chi connectivity index (χ1v) is 9.14. The standard InChI is InChI=1S/C21H26N4/c1-15(2)24-7-9-25(10-8-24)20-13-18-11-17-12-19(22)5-3-16(17)4-6-21(18)23-14-20/h3-6,12-15H,7-11,22H2,1-2H3. The Labute approximate surface area is 150 Å². The monoisotopic (exact) mass is 334 g/mol. The molecular weight excluding hydrogens is 308 g/mol. The third-order valence-corrected chi connectivity index (χ3v) is 5.37. The molecule has 2 aromatic rings. The van der Waals surface area contributed by atoms with Crippen LogP contribution in [0.4, 0.5) is 11.4 Å². The van der Waals surface area contributed by atoms with Crippen LogP contribution in [-0.2, 0) is 6.42 Å². The van der Waals surface area contributed by atoms with Crippen LogP contribution in [0, 0.1) is 0 Å². The van der Waals surface area contributed by atoms with Crippen molar-refractivity contribution in [3.63, 3.8) is 0 Å². The second kappa shape index (κ2) is 6.52. The summed E-state index contributed by atoms with van der Waals surface area (Å²) in [4.78, 5) is 9.74. The summed E-state index contributed by atoms with van der Waals surface area (Å²) < 4.78 is 0. The maximum absolute atomic E-state index is 5.98. The highest BCUT2D eigenvalue weighted by atomic mass is 15.3. The van der Waals surface area contributed by atoms with Gasteiger partial charge in [-0.25, -0.2) is 0 Å². The van der Waals surface area contributed by atoms with Crippen LogP contribution in [0.1, 0.15) is 36.2 Å². The molecule has 0 saturated carbocycles. The third-order valence-electron chi connectivity index (χ3n) is 5.37. The average Bonchev–Trinajstić information content (AvgIpc) is 2.79. The lowest BCUT2D eigenvalue weighted by molar-refractivity contribution is 0.209. The summed E-state index contributed by atoms with van der Waals surface area (Å²) in [6.07, 6.45) is 7.18. The zero-order chi connectivity index (χ0) is 17.4. The van der Waals surface area contributed by atoms with Crippen LogP contribution in [0.15, 0.2) is 30.5 Å². The van der Waals surface area contributed by atoms with Gasteiger partial charge in [-0.3, -0.25) is 9.88 Å². The van der Waals surface area contributed by atoms with Crippen molar-refractivity contribution in [3.8, 4) is 0 Å². The van der Waals surface area contributed by atoms with E-state index >= 15 is 0 Å². The first-order valence-electron chi connectivity index (χ1n) is 9.14. The maximum Gasteiger partial charge on any atom is 0.0666 e. The molecule has 4 rings (SSSR count). The summed E-state index contributed by atoms with van der Waals surface area (Å²) in [5.41, 5.74) is 12.9. The Morgan fingerprint density at radius 1 is 1.00 bits per heavy atom. The number of rotatable bonds is 2. The molecule has 25 heavy (non-hydrogen) atoms. The lowest BCUT2D eigenvalue weighted by Gasteiger charge is -2.38.